The van der Waals surface area contributed by atoms with Crippen LogP contribution in [-0.4, -0.2) is 12.5 Å². The average molecular weight is 448 g/mol. The summed E-state index contributed by atoms with van der Waals surface area (Å²) in [6.07, 6.45) is 21.1. The van der Waals surface area contributed by atoms with Crippen molar-refractivity contribution in [3.05, 3.63) is 35.9 Å². The number of rotatable bonds is 22. The van der Waals surface area contributed by atoms with E-state index in [-0.39, 0.29) is 6.10 Å². The number of unbranched alkanes of at least 4 members (excludes halogenated alkanes) is 13. The van der Waals surface area contributed by atoms with Crippen molar-refractivity contribution in [3.8, 4) is 0 Å². The van der Waals surface area contributed by atoms with E-state index in [2.05, 4.69) is 51.1 Å². The molecule has 186 valence electrons. The van der Waals surface area contributed by atoms with Crippen LogP contribution < -0.4 is 5.73 Å². The van der Waals surface area contributed by atoms with Gasteiger partial charge in [-0.3, -0.25) is 5.73 Å². The van der Waals surface area contributed by atoms with Crippen molar-refractivity contribution in [2.45, 2.75) is 142 Å². The summed E-state index contributed by atoms with van der Waals surface area (Å²) in [5, 5.41) is 0. The second-order valence-electron chi connectivity index (χ2n) is 9.42. The van der Waals surface area contributed by atoms with Crippen molar-refractivity contribution in [2.75, 3.05) is 6.61 Å². The SMILES string of the molecule is CCCCCCCCCCOC(N)(CC)OC(CCCCCCCCC)c1ccccc1. The molecule has 3 nitrogen and oxygen atoms in total. The van der Waals surface area contributed by atoms with E-state index in [9.17, 15) is 0 Å². The maximum Gasteiger partial charge on any atom is 0.225 e. The first-order chi connectivity index (χ1) is 15.6. The van der Waals surface area contributed by atoms with E-state index < -0.39 is 5.91 Å². The third kappa shape index (κ3) is 14.3. The standard InChI is InChI=1S/C29H53NO2/c1-4-7-9-11-13-15-17-22-26-31-29(30,6-3)32-28(27-23-19-18-20-24-27)25-21-16-14-12-10-8-5-2/h18-20,23-24,28H,4-17,21-22,25-26,30H2,1-3H3. The molecule has 1 aromatic carbocycles. The van der Waals surface area contributed by atoms with E-state index in [0.29, 0.717) is 13.0 Å². The third-order valence-electron chi connectivity index (χ3n) is 6.42. The molecule has 2 N–H and O–H groups in total. The van der Waals surface area contributed by atoms with E-state index in [1.807, 2.05) is 0 Å². The van der Waals surface area contributed by atoms with Gasteiger partial charge in [0.25, 0.3) is 0 Å². The highest BCUT2D eigenvalue weighted by atomic mass is 16.7. The number of nitrogens with two attached hydrogens (primary N) is 1. The molecule has 0 aliphatic rings. The van der Waals surface area contributed by atoms with Crippen molar-refractivity contribution in [3.63, 3.8) is 0 Å². The molecule has 2 atom stereocenters. The summed E-state index contributed by atoms with van der Waals surface area (Å²) in [5.74, 6) is -0.997. The molecular weight excluding hydrogens is 394 g/mol. The zero-order chi connectivity index (χ0) is 23.3. The monoisotopic (exact) mass is 447 g/mol. The highest BCUT2D eigenvalue weighted by molar-refractivity contribution is 5.17. The largest absolute Gasteiger partial charge is 0.338 e. The predicted octanol–water partition coefficient (Wildman–Crippen LogP) is 9.06. The number of hydrogen-bond donors (Lipinski definition) is 1. The molecule has 0 bridgehead atoms. The summed E-state index contributed by atoms with van der Waals surface area (Å²) in [6, 6.07) is 10.5. The Labute approximate surface area is 199 Å². The normalized spacial score (nSPS) is 14.4. The summed E-state index contributed by atoms with van der Waals surface area (Å²) in [4.78, 5) is 0. The lowest BCUT2D eigenvalue weighted by Gasteiger charge is -2.33. The first-order valence-corrected chi connectivity index (χ1v) is 13.8. The highest BCUT2D eigenvalue weighted by Crippen LogP contribution is 2.29. The molecule has 0 saturated carbocycles. The molecule has 0 aliphatic heterocycles. The van der Waals surface area contributed by atoms with Crippen LogP contribution >= 0.6 is 0 Å². The van der Waals surface area contributed by atoms with Crippen LogP contribution in [0.5, 0.6) is 0 Å². The zero-order valence-electron chi connectivity index (χ0n) is 21.6. The summed E-state index contributed by atoms with van der Waals surface area (Å²) in [5.41, 5.74) is 7.78. The molecule has 32 heavy (non-hydrogen) atoms. The van der Waals surface area contributed by atoms with Gasteiger partial charge in [-0.2, -0.15) is 0 Å². The minimum Gasteiger partial charge on any atom is -0.338 e. The van der Waals surface area contributed by atoms with Gasteiger partial charge in [-0.1, -0.05) is 141 Å². The molecular formula is C29H53NO2. The molecule has 0 aliphatic carbocycles. The smallest absolute Gasteiger partial charge is 0.225 e. The molecule has 3 heteroatoms. The molecule has 2 unspecified atom stereocenters. The molecule has 0 fully saturated rings. The van der Waals surface area contributed by atoms with Crippen molar-refractivity contribution in [1.29, 1.82) is 0 Å². The summed E-state index contributed by atoms with van der Waals surface area (Å²) >= 11 is 0. The number of hydrogen-bond acceptors (Lipinski definition) is 3. The molecule has 0 heterocycles. The highest BCUT2D eigenvalue weighted by Gasteiger charge is 2.29. The Morgan fingerprint density at radius 1 is 0.688 bits per heavy atom. The zero-order valence-corrected chi connectivity index (χ0v) is 21.6. The molecule has 0 aromatic heterocycles. The molecule has 0 amide bonds. The van der Waals surface area contributed by atoms with Crippen LogP contribution in [0.15, 0.2) is 30.3 Å². The molecule has 0 radical (unpaired) electrons. The van der Waals surface area contributed by atoms with Gasteiger partial charge in [0, 0.05) is 6.42 Å². The Morgan fingerprint density at radius 3 is 1.72 bits per heavy atom. The Morgan fingerprint density at radius 2 is 1.19 bits per heavy atom. The predicted molar refractivity (Wildman–Crippen MR) is 139 cm³/mol. The van der Waals surface area contributed by atoms with Crippen LogP contribution in [0.4, 0.5) is 0 Å². The minimum atomic E-state index is -0.997. The average Bonchev–Trinajstić information content (AvgIpc) is 2.82. The molecule has 1 aromatic rings. The summed E-state index contributed by atoms with van der Waals surface area (Å²) in [7, 11) is 0. The van der Waals surface area contributed by atoms with Crippen LogP contribution in [0.2, 0.25) is 0 Å². The van der Waals surface area contributed by atoms with Crippen LogP contribution in [0.1, 0.15) is 142 Å². The first-order valence-electron chi connectivity index (χ1n) is 13.8. The molecule has 0 spiro atoms. The van der Waals surface area contributed by atoms with Gasteiger partial charge in [0.15, 0.2) is 0 Å². The Balaban J connectivity index is 2.41. The van der Waals surface area contributed by atoms with Gasteiger partial charge in [-0.15, -0.1) is 0 Å². The van der Waals surface area contributed by atoms with Gasteiger partial charge in [-0.05, 0) is 18.4 Å². The fourth-order valence-corrected chi connectivity index (χ4v) is 4.19. The topological polar surface area (TPSA) is 44.5 Å². The van der Waals surface area contributed by atoms with Crippen molar-refractivity contribution in [1.82, 2.24) is 0 Å². The second kappa shape index (κ2) is 19.6. The lowest BCUT2D eigenvalue weighted by Crippen LogP contribution is -2.46. The maximum absolute atomic E-state index is 6.57. The van der Waals surface area contributed by atoms with Gasteiger partial charge in [-0.25, -0.2) is 0 Å². The van der Waals surface area contributed by atoms with Crippen molar-refractivity contribution >= 4 is 0 Å². The molecule has 0 saturated heterocycles. The third-order valence-corrected chi connectivity index (χ3v) is 6.42. The fraction of sp³-hybridized carbons (Fsp3) is 0.793. The van der Waals surface area contributed by atoms with Gasteiger partial charge in [0.1, 0.15) is 0 Å². The quantitative estimate of drug-likeness (QED) is 0.142. The van der Waals surface area contributed by atoms with E-state index in [1.165, 1.54) is 95.5 Å². The van der Waals surface area contributed by atoms with E-state index >= 15 is 0 Å². The summed E-state index contributed by atoms with van der Waals surface area (Å²) in [6.45, 7) is 7.27. The van der Waals surface area contributed by atoms with Gasteiger partial charge in [0.2, 0.25) is 5.91 Å². The Kier molecular flexibility index (Phi) is 17.8. The summed E-state index contributed by atoms with van der Waals surface area (Å²) < 4.78 is 12.5. The lowest BCUT2D eigenvalue weighted by molar-refractivity contribution is -0.261. The van der Waals surface area contributed by atoms with Gasteiger partial charge >= 0.3 is 0 Å². The number of benzene rings is 1. The Bertz CT molecular complexity index is 521. The van der Waals surface area contributed by atoms with Crippen LogP contribution in [0.3, 0.4) is 0 Å². The van der Waals surface area contributed by atoms with E-state index in [1.54, 1.807) is 0 Å². The van der Waals surface area contributed by atoms with Gasteiger partial charge in [0.05, 0.1) is 12.7 Å². The van der Waals surface area contributed by atoms with Gasteiger partial charge < -0.3 is 9.47 Å². The van der Waals surface area contributed by atoms with Crippen molar-refractivity contribution in [2.24, 2.45) is 5.73 Å². The first kappa shape index (κ1) is 29.1. The number of ether oxygens (including phenoxy) is 2. The van der Waals surface area contributed by atoms with Crippen molar-refractivity contribution < 1.29 is 9.47 Å². The van der Waals surface area contributed by atoms with Crippen LogP contribution in [-0.2, 0) is 9.47 Å². The second-order valence-corrected chi connectivity index (χ2v) is 9.42. The minimum absolute atomic E-state index is 0.00430. The Hall–Kier alpha value is -0.900. The fourth-order valence-electron chi connectivity index (χ4n) is 4.19. The lowest BCUT2D eigenvalue weighted by atomic mass is 10.0. The molecule has 1 rings (SSSR count). The van der Waals surface area contributed by atoms with Crippen LogP contribution in [0, 0.1) is 0 Å². The van der Waals surface area contributed by atoms with E-state index in [0.717, 1.165) is 12.8 Å². The van der Waals surface area contributed by atoms with E-state index in [4.69, 9.17) is 15.2 Å². The van der Waals surface area contributed by atoms with Crippen LogP contribution in [0.25, 0.3) is 0 Å². The maximum atomic E-state index is 6.57.